The topological polar surface area (TPSA) is 110 Å². The summed E-state index contributed by atoms with van der Waals surface area (Å²) in [6.45, 7) is 3.69. The van der Waals surface area contributed by atoms with Crippen molar-refractivity contribution in [2.24, 2.45) is 5.92 Å². The molecule has 1 aliphatic carbocycles. The van der Waals surface area contributed by atoms with Crippen molar-refractivity contribution in [3.8, 4) is 11.3 Å². The van der Waals surface area contributed by atoms with Crippen LogP contribution in [0.2, 0.25) is 0 Å². The number of halogens is 1. The summed E-state index contributed by atoms with van der Waals surface area (Å²) in [7, 11) is 0. The normalized spacial score (nSPS) is 17.1. The van der Waals surface area contributed by atoms with E-state index in [2.05, 4.69) is 30.6 Å². The second-order valence-electron chi connectivity index (χ2n) is 7.34. The third kappa shape index (κ3) is 4.55. The van der Waals surface area contributed by atoms with E-state index in [0.29, 0.717) is 29.2 Å². The molecule has 8 nitrogen and oxygen atoms in total. The van der Waals surface area contributed by atoms with E-state index >= 15 is 0 Å². The number of nitrogens with one attached hydrogen (secondary N) is 2. The van der Waals surface area contributed by atoms with Crippen molar-refractivity contribution in [1.82, 2.24) is 19.9 Å². The number of rotatable bonds is 7. The monoisotopic (exact) mass is 420 g/mol. The summed E-state index contributed by atoms with van der Waals surface area (Å²) in [6.07, 6.45) is 5.81. The van der Waals surface area contributed by atoms with E-state index in [9.17, 15) is 14.0 Å². The molecule has 2 N–H and O–H groups in total. The third-order valence-corrected chi connectivity index (χ3v) is 5.05. The fourth-order valence-electron chi connectivity index (χ4n) is 3.10. The van der Waals surface area contributed by atoms with Crippen LogP contribution in [0, 0.1) is 12.8 Å². The van der Waals surface area contributed by atoms with Crippen molar-refractivity contribution in [2.45, 2.75) is 32.9 Å². The lowest BCUT2D eigenvalue weighted by atomic mass is 10.1. The van der Waals surface area contributed by atoms with Gasteiger partial charge in [0.15, 0.2) is 5.78 Å². The predicted octanol–water partition coefficient (Wildman–Crippen LogP) is 3.87. The summed E-state index contributed by atoms with van der Waals surface area (Å²) in [4.78, 5) is 40.7. The summed E-state index contributed by atoms with van der Waals surface area (Å²) in [5.41, 5.74) is 3.99. The fraction of sp³-hybridized carbons (Fsp3) is 0.273. The standard InChI is InChI=1S/C22H21FN6O2/c1-3-20(30)18-6-12(2)19(10-25-18)28-16-4-5-24-9-14(16)17-8-21(27-11-26-17)29-22(31)13-7-15(13)23/h4-6,8-11,13,15H,3,7H2,1-2H3,(H,24,28)(H,26,27,29,31)/t13-,15+/m0/s1. The fourth-order valence-corrected chi connectivity index (χ4v) is 3.10. The van der Waals surface area contributed by atoms with Crippen molar-refractivity contribution < 1.29 is 14.0 Å². The molecule has 3 aromatic heterocycles. The number of carbonyl (C=O) groups is 2. The molecule has 0 unspecified atom stereocenters. The smallest absolute Gasteiger partial charge is 0.231 e. The largest absolute Gasteiger partial charge is 0.353 e. The molecule has 0 aliphatic heterocycles. The number of hydrogen-bond acceptors (Lipinski definition) is 7. The molecule has 9 heteroatoms. The molecule has 4 rings (SSSR count). The number of carbonyl (C=O) groups excluding carboxylic acids is 2. The van der Waals surface area contributed by atoms with E-state index in [0.717, 1.165) is 16.9 Å². The lowest BCUT2D eigenvalue weighted by Gasteiger charge is -2.14. The van der Waals surface area contributed by atoms with E-state index < -0.39 is 12.1 Å². The number of alkyl halides is 1. The maximum absolute atomic E-state index is 13.1. The number of aromatic nitrogens is 4. The lowest BCUT2D eigenvalue weighted by Crippen LogP contribution is -2.16. The molecular formula is C22H21FN6O2. The average molecular weight is 420 g/mol. The highest BCUT2D eigenvalue weighted by Crippen LogP contribution is 2.35. The van der Waals surface area contributed by atoms with Crippen molar-refractivity contribution >= 4 is 28.9 Å². The van der Waals surface area contributed by atoms with Crippen LogP contribution in [0.4, 0.5) is 21.6 Å². The minimum atomic E-state index is -1.08. The number of hydrogen-bond donors (Lipinski definition) is 2. The Morgan fingerprint density at radius 3 is 2.68 bits per heavy atom. The van der Waals surface area contributed by atoms with Gasteiger partial charge in [0.25, 0.3) is 0 Å². The van der Waals surface area contributed by atoms with Crippen LogP contribution in [0.25, 0.3) is 11.3 Å². The maximum Gasteiger partial charge on any atom is 0.231 e. The Morgan fingerprint density at radius 2 is 1.97 bits per heavy atom. The number of Topliss-reactive ketones (excluding diaryl/α,β-unsaturated/α-hetero) is 1. The van der Waals surface area contributed by atoms with Crippen molar-refractivity contribution in [3.05, 3.63) is 54.4 Å². The molecule has 2 atom stereocenters. The molecule has 0 saturated heterocycles. The Morgan fingerprint density at radius 1 is 1.16 bits per heavy atom. The highest BCUT2D eigenvalue weighted by Gasteiger charge is 2.43. The van der Waals surface area contributed by atoms with Gasteiger partial charge in [-0.3, -0.25) is 19.6 Å². The van der Waals surface area contributed by atoms with Gasteiger partial charge in [0.2, 0.25) is 5.91 Å². The van der Waals surface area contributed by atoms with Crippen LogP contribution in [-0.4, -0.2) is 37.8 Å². The quantitative estimate of drug-likeness (QED) is 0.558. The van der Waals surface area contributed by atoms with Crippen molar-refractivity contribution in [2.75, 3.05) is 10.6 Å². The summed E-state index contributed by atoms with van der Waals surface area (Å²) in [6, 6.07) is 5.16. The zero-order chi connectivity index (χ0) is 22.0. The molecule has 0 aromatic carbocycles. The van der Waals surface area contributed by atoms with Gasteiger partial charge in [-0.1, -0.05) is 6.92 Å². The molecule has 3 aromatic rings. The summed E-state index contributed by atoms with van der Waals surface area (Å²) in [5.74, 6) is -0.707. The average Bonchev–Trinajstić information content (AvgIpc) is 3.52. The first-order valence-electron chi connectivity index (χ1n) is 9.94. The Kier molecular flexibility index (Phi) is 5.66. The number of ketones is 1. The molecule has 31 heavy (non-hydrogen) atoms. The van der Waals surface area contributed by atoms with Gasteiger partial charge in [-0.05, 0) is 31.0 Å². The van der Waals surface area contributed by atoms with Gasteiger partial charge in [0.1, 0.15) is 24.0 Å². The zero-order valence-electron chi connectivity index (χ0n) is 17.1. The Bertz CT molecular complexity index is 1150. The second-order valence-corrected chi connectivity index (χ2v) is 7.34. The van der Waals surface area contributed by atoms with Crippen molar-refractivity contribution in [1.29, 1.82) is 0 Å². The molecule has 1 saturated carbocycles. The highest BCUT2D eigenvalue weighted by molar-refractivity contribution is 5.95. The van der Waals surface area contributed by atoms with Crippen molar-refractivity contribution in [3.63, 3.8) is 0 Å². The van der Waals surface area contributed by atoms with Crippen LogP contribution < -0.4 is 10.6 Å². The van der Waals surface area contributed by atoms with E-state index in [1.165, 1.54) is 6.33 Å². The van der Waals surface area contributed by atoms with Crippen LogP contribution in [-0.2, 0) is 4.79 Å². The summed E-state index contributed by atoms with van der Waals surface area (Å²) < 4.78 is 13.1. The molecule has 1 amide bonds. The summed E-state index contributed by atoms with van der Waals surface area (Å²) >= 11 is 0. The maximum atomic E-state index is 13.1. The van der Waals surface area contributed by atoms with Gasteiger partial charge in [0.05, 0.1) is 29.2 Å². The number of anilines is 3. The van der Waals surface area contributed by atoms with Gasteiger partial charge in [-0.25, -0.2) is 14.4 Å². The highest BCUT2D eigenvalue weighted by atomic mass is 19.1. The first-order valence-corrected chi connectivity index (χ1v) is 9.94. The first-order chi connectivity index (χ1) is 15.0. The minimum absolute atomic E-state index is 0.0138. The Balaban J connectivity index is 1.59. The van der Waals surface area contributed by atoms with Crippen LogP contribution in [0.5, 0.6) is 0 Å². The number of aryl methyl sites for hydroxylation is 1. The predicted molar refractivity (Wildman–Crippen MR) is 114 cm³/mol. The second kappa shape index (κ2) is 8.55. The van der Waals surface area contributed by atoms with Gasteiger partial charge in [-0.2, -0.15) is 0 Å². The molecule has 3 heterocycles. The summed E-state index contributed by atoms with van der Waals surface area (Å²) in [5, 5.41) is 5.94. The van der Waals surface area contributed by atoms with Gasteiger partial charge < -0.3 is 10.6 Å². The van der Waals surface area contributed by atoms with E-state index in [1.807, 2.05) is 6.92 Å². The SMILES string of the molecule is CCC(=O)c1cc(C)c(Nc2ccncc2-c2cc(NC(=O)[C@H]3C[C@H]3F)ncn2)cn1. The van der Waals surface area contributed by atoms with Crippen LogP contribution in [0.3, 0.4) is 0 Å². The van der Waals surface area contributed by atoms with Crippen LogP contribution in [0.1, 0.15) is 35.8 Å². The number of pyridine rings is 2. The molecule has 0 bridgehead atoms. The first kappa shape index (κ1) is 20.5. The minimum Gasteiger partial charge on any atom is -0.353 e. The van der Waals surface area contributed by atoms with E-state index in [-0.39, 0.29) is 18.1 Å². The van der Waals surface area contributed by atoms with E-state index in [1.54, 1.807) is 43.7 Å². The molecule has 1 fully saturated rings. The molecule has 0 spiro atoms. The van der Waals surface area contributed by atoms with Crippen LogP contribution in [0.15, 0.2) is 43.1 Å². The zero-order valence-corrected chi connectivity index (χ0v) is 17.1. The molecule has 158 valence electrons. The van der Waals surface area contributed by atoms with Crippen LogP contribution >= 0.6 is 0 Å². The molecule has 1 aliphatic rings. The number of amides is 1. The van der Waals surface area contributed by atoms with Gasteiger partial charge in [-0.15, -0.1) is 0 Å². The Labute approximate surface area is 178 Å². The number of nitrogens with zero attached hydrogens (tertiary/aromatic N) is 4. The Hall–Kier alpha value is -3.75. The molecule has 0 radical (unpaired) electrons. The lowest BCUT2D eigenvalue weighted by molar-refractivity contribution is -0.117. The molecular weight excluding hydrogens is 399 g/mol. The van der Waals surface area contributed by atoms with Gasteiger partial charge >= 0.3 is 0 Å². The van der Waals surface area contributed by atoms with E-state index in [4.69, 9.17) is 0 Å². The van der Waals surface area contributed by atoms with Gasteiger partial charge in [0, 0.05) is 30.4 Å². The third-order valence-electron chi connectivity index (χ3n) is 5.05.